The van der Waals surface area contributed by atoms with Crippen LogP contribution >= 0.6 is 0 Å². The van der Waals surface area contributed by atoms with Gasteiger partial charge in [-0.05, 0) is 26.8 Å². The molecule has 1 aliphatic heterocycles. The molecule has 1 fully saturated rings. The van der Waals surface area contributed by atoms with Crippen LogP contribution in [0.5, 0.6) is 0 Å². The van der Waals surface area contributed by atoms with Crippen LogP contribution in [0.4, 0.5) is 0 Å². The third-order valence-electron chi connectivity index (χ3n) is 3.37. The van der Waals surface area contributed by atoms with Crippen molar-refractivity contribution < 1.29 is 19.1 Å². The third-order valence-corrected chi connectivity index (χ3v) is 3.37. The molecule has 1 heterocycles. The van der Waals surface area contributed by atoms with Gasteiger partial charge in [0.25, 0.3) is 0 Å². The van der Waals surface area contributed by atoms with E-state index in [9.17, 15) is 14.4 Å². The molecule has 1 saturated heterocycles. The highest BCUT2D eigenvalue weighted by molar-refractivity contribution is 5.96. The second-order valence-electron chi connectivity index (χ2n) is 5.12. The van der Waals surface area contributed by atoms with Crippen molar-refractivity contribution in [2.24, 2.45) is 5.41 Å². The van der Waals surface area contributed by atoms with E-state index in [0.29, 0.717) is 13.1 Å². The number of hydrogen-bond donors (Lipinski definition) is 1. The quantitative estimate of drug-likeness (QED) is 0.542. The van der Waals surface area contributed by atoms with Gasteiger partial charge in [0.15, 0.2) is 5.78 Å². The van der Waals surface area contributed by atoms with Crippen LogP contribution in [-0.4, -0.2) is 55.8 Å². The summed E-state index contributed by atoms with van der Waals surface area (Å²) >= 11 is 0. The molecular weight excluding hydrogens is 248 g/mol. The summed E-state index contributed by atoms with van der Waals surface area (Å²) < 4.78 is 4.73. The lowest BCUT2D eigenvalue weighted by atomic mass is 9.89. The number of esters is 1. The molecule has 108 valence electrons. The third kappa shape index (κ3) is 4.31. The Labute approximate surface area is 113 Å². The van der Waals surface area contributed by atoms with E-state index >= 15 is 0 Å². The standard InChI is InChI=1S/C13H22N2O4/c1-4-19-11(17)7-10(16)8-15-6-5-13(2,9-15)12(18)14-3/h4-9H2,1-3H3,(H,14,18). The van der Waals surface area contributed by atoms with E-state index in [-0.39, 0.29) is 31.3 Å². The fraction of sp³-hybridized carbons (Fsp3) is 0.769. The molecule has 0 bridgehead atoms. The van der Waals surface area contributed by atoms with Crippen molar-refractivity contribution in [2.75, 3.05) is 33.3 Å². The predicted octanol–water partition coefficient (Wildman–Crippen LogP) is -0.0333. The van der Waals surface area contributed by atoms with E-state index in [2.05, 4.69) is 5.32 Å². The number of hydrogen-bond acceptors (Lipinski definition) is 5. The fourth-order valence-corrected chi connectivity index (χ4v) is 2.36. The van der Waals surface area contributed by atoms with Gasteiger partial charge in [-0.1, -0.05) is 0 Å². The van der Waals surface area contributed by atoms with Crippen LogP contribution in [-0.2, 0) is 19.1 Å². The zero-order chi connectivity index (χ0) is 14.5. The molecule has 1 aliphatic rings. The van der Waals surface area contributed by atoms with Crippen molar-refractivity contribution in [2.45, 2.75) is 26.7 Å². The Bertz CT molecular complexity index is 370. The minimum absolute atomic E-state index is 0.00663. The summed E-state index contributed by atoms with van der Waals surface area (Å²) in [7, 11) is 1.61. The maximum atomic E-state index is 11.7. The average molecular weight is 270 g/mol. The minimum atomic E-state index is -0.485. The lowest BCUT2D eigenvalue weighted by Gasteiger charge is -2.22. The highest BCUT2D eigenvalue weighted by Crippen LogP contribution is 2.29. The zero-order valence-electron chi connectivity index (χ0n) is 11.8. The van der Waals surface area contributed by atoms with Gasteiger partial charge in [0.2, 0.25) is 5.91 Å². The highest BCUT2D eigenvalue weighted by Gasteiger charge is 2.40. The summed E-state index contributed by atoms with van der Waals surface area (Å²) in [4.78, 5) is 36.5. The van der Waals surface area contributed by atoms with E-state index in [1.165, 1.54) is 0 Å². The fourth-order valence-electron chi connectivity index (χ4n) is 2.36. The van der Waals surface area contributed by atoms with Crippen molar-refractivity contribution in [3.05, 3.63) is 0 Å². The molecule has 0 saturated carbocycles. The molecule has 1 amide bonds. The Balaban J connectivity index is 2.42. The summed E-state index contributed by atoms with van der Waals surface area (Å²) in [5, 5.41) is 2.65. The molecular formula is C13H22N2O4. The van der Waals surface area contributed by atoms with Crippen molar-refractivity contribution in [3.8, 4) is 0 Å². The highest BCUT2D eigenvalue weighted by atomic mass is 16.5. The van der Waals surface area contributed by atoms with Gasteiger partial charge in [-0.3, -0.25) is 19.3 Å². The van der Waals surface area contributed by atoms with Crippen LogP contribution in [0.25, 0.3) is 0 Å². The molecule has 19 heavy (non-hydrogen) atoms. The predicted molar refractivity (Wildman–Crippen MR) is 69.5 cm³/mol. The number of nitrogens with zero attached hydrogens (tertiary/aromatic N) is 1. The Hall–Kier alpha value is -1.43. The minimum Gasteiger partial charge on any atom is -0.466 e. The first-order valence-corrected chi connectivity index (χ1v) is 6.53. The summed E-state index contributed by atoms with van der Waals surface area (Å²) in [6.07, 6.45) is 0.528. The van der Waals surface area contributed by atoms with Gasteiger partial charge in [-0.25, -0.2) is 0 Å². The number of carbonyl (C=O) groups is 3. The Morgan fingerprint density at radius 3 is 2.63 bits per heavy atom. The van der Waals surface area contributed by atoms with E-state index in [1.807, 2.05) is 11.8 Å². The maximum Gasteiger partial charge on any atom is 0.313 e. The number of Topliss-reactive ketones (excluding diaryl/α,β-unsaturated/α-hetero) is 1. The average Bonchev–Trinajstić information content (AvgIpc) is 2.71. The molecule has 6 nitrogen and oxygen atoms in total. The summed E-state index contributed by atoms with van der Waals surface area (Å²) in [5.41, 5.74) is -0.445. The van der Waals surface area contributed by atoms with Gasteiger partial charge in [-0.2, -0.15) is 0 Å². The lowest BCUT2D eigenvalue weighted by Crippen LogP contribution is -2.40. The lowest BCUT2D eigenvalue weighted by molar-refractivity contribution is -0.145. The molecule has 0 spiro atoms. The van der Waals surface area contributed by atoms with E-state index in [1.54, 1.807) is 14.0 Å². The molecule has 6 heteroatoms. The Morgan fingerprint density at radius 1 is 1.37 bits per heavy atom. The topological polar surface area (TPSA) is 75.7 Å². The molecule has 0 aromatic heterocycles. The Kier molecular flexibility index (Phi) is 5.47. The largest absolute Gasteiger partial charge is 0.466 e. The molecule has 1 N–H and O–H groups in total. The van der Waals surface area contributed by atoms with Gasteiger partial charge >= 0.3 is 5.97 Å². The summed E-state index contributed by atoms with van der Waals surface area (Å²) in [5.74, 6) is -0.659. The second-order valence-corrected chi connectivity index (χ2v) is 5.12. The molecule has 0 aromatic rings. The molecule has 0 aromatic carbocycles. The number of carbonyl (C=O) groups excluding carboxylic acids is 3. The first-order valence-electron chi connectivity index (χ1n) is 6.53. The SMILES string of the molecule is CCOC(=O)CC(=O)CN1CCC(C)(C(=O)NC)C1. The van der Waals surface area contributed by atoms with Crippen LogP contribution in [0.2, 0.25) is 0 Å². The van der Waals surface area contributed by atoms with Gasteiger partial charge in [-0.15, -0.1) is 0 Å². The van der Waals surface area contributed by atoms with Crippen LogP contribution in [0, 0.1) is 5.41 Å². The van der Waals surface area contributed by atoms with Crippen molar-refractivity contribution in [1.29, 1.82) is 0 Å². The van der Waals surface area contributed by atoms with Gasteiger partial charge in [0.05, 0.1) is 18.6 Å². The van der Waals surface area contributed by atoms with Gasteiger partial charge in [0.1, 0.15) is 6.42 Å². The van der Waals surface area contributed by atoms with Crippen LogP contribution < -0.4 is 5.32 Å². The number of ketones is 1. The normalized spacial score (nSPS) is 23.1. The number of likely N-dealkylation sites (tertiary alicyclic amines) is 1. The van der Waals surface area contributed by atoms with Gasteiger partial charge in [0, 0.05) is 13.6 Å². The van der Waals surface area contributed by atoms with Crippen LogP contribution in [0.15, 0.2) is 0 Å². The molecule has 1 rings (SSSR count). The molecule has 0 radical (unpaired) electrons. The van der Waals surface area contributed by atoms with E-state index in [4.69, 9.17) is 4.74 Å². The van der Waals surface area contributed by atoms with Crippen LogP contribution in [0.3, 0.4) is 0 Å². The second kappa shape index (κ2) is 6.65. The maximum absolute atomic E-state index is 11.7. The number of ether oxygens (including phenoxy) is 1. The molecule has 1 unspecified atom stereocenters. The number of amides is 1. The van der Waals surface area contributed by atoms with Crippen molar-refractivity contribution >= 4 is 17.7 Å². The zero-order valence-corrected chi connectivity index (χ0v) is 11.8. The van der Waals surface area contributed by atoms with Gasteiger partial charge < -0.3 is 10.1 Å². The number of nitrogens with one attached hydrogen (secondary N) is 1. The monoisotopic (exact) mass is 270 g/mol. The molecule has 1 atom stereocenters. The first kappa shape index (κ1) is 15.6. The van der Waals surface area contributed by atoms with E-state index in [0.717, 1.165) is 6.42 Å². The first-order chi connectivity index (χ1) is 8.91. The summed E-state index contributed by atoms with van der Waals surface area (Å²) in [6.45, 7) is 5.31. The molecule has 0 aliphatic carbocycles. The smallest absolute Gasteiger partial charge is 0.313 e. The number of rotatable bonds is 6. The van der Waals surface area contributed by atoms with Crippen molar-refractivity contribution in [3.63, 3.8) is 0 Å². The van der Waals surface area contributed by atoms with Crippen molar-refractivity contribution in [1.82, 2.24) is 10.2 Å². The summed E-state index contributed by atoms with van der Waals surface area (Å²) in [6, 6.07) is 0. The van der Waals surface area contributed by atoms with Crippen LogP contribution in [0.1, 0.15) is 26.7 Å². The van der Waals surface area contributed by atoms with E-state index < -0.39 is 11.4 Å². The Morgan fingerprint density at radius 2 is 2.05 bits per heavy atom.